The fourth-order valence-electron chi connectivity index (χ4n) is 2.41. The Labute approximate surface area is 145 Å². The van der Waals surface area contributed by atoms with E-state index >= 15 is 0 Å². The number of H-pyrrole nitrogens is 1. The summed E-state index contributed by atoms with van der Waals surface area (Å²) in [7, 11) is 0. The van der Waals surface area contributed by atoms with E-state index in [0.717, 1.165) is 5.69 Å². The van der Waals surface area contributed by atoms with Crippen LogP contribution >= 0.6 is 0 Å². The van der Waals surface area contributed by atoms with Crippen LogP contribution in [0.15, 0.2) is 60.7 Å². The van der Waals surface area contributed by atoms with Crippen LogP contribution < -0.4 is 10.6 Å². The van der Waals surface area contributed by atoms with Gasteiger partial charge in [-0.15, -0.1) is 0 Å². The van der Waals surface area contributed by atoms with E-state index in [1.807, 2.05) is 19.1 Å². The van der Waals surface area contributed by atoms with Gasteiger partial charge in [0.05, 0.1) is 23.5 Å². The Morgan fingerprint density at radius 1 is 0.960 bits per heavy atom. The molecular weight excluding hydrogens is 316 g/mol. The first kappa shape index (κ1) is 16.4. The summed E-state index contributed by atoms with van der Waals surface area (Å²) in [6.07, 6.45) is 0.158. The van der Waals surface area contributed by atoms with Gasteiger partial charge in [0.15, 0.2) is 0 Å². The number of aryl methyl sites for hydroxylation is 1. The Balaban J connectivity index is 1.70. The van der Waals surface area contributed by atoms with Gasteiger partial charge in [0.1, 0.15) is 0 Å². The summed E-state index contributed by atoms with van der Waals surface area (Å²) in [4.78, 5) is 24.5. The summed E-state index contributed by atoms with van der Waals surface area (Å²) in [5.74, 6) is -0.432. The van der Waals surface area contributed by atoms with Crippen LogP contribution in [0.25, 0.3) is 0 Å². The molecule has 6 nitrogen and oxygen atoms in total. The van der Waals surface area contributed by atoms with E-state index in [9.17, 15) is 9.59 Å². The molecule has 0 spiro atoms. The standard InChI is InChI=1S/C19H18N4O2/c1-13-11-15(23-22-13)12-18(24)20-16-9-5-6-10-17(16)21-19(25)14-7-3-2-4-8-14/h2-11H,12H2,1H3,(H,20,24)(H,21,25)(H,22,23). The molecule has 0 aliphatic carbocycles. The molecule has 0 radical (unpaired) electrons. The molecule has 1 aromatic heterocycles. The van der Waals surface area contributed by atoms with Gasteiger partial charge in [0.2, 0.25) is 5.91 Å². The topological polar surface area (TPSA) is 86.9 Å². The van der Waals surface area contributed by atoms with Crippen LogP contribution in [0.3, 0.4) is 0 Å². The van der Waals surface area contributed by atoms with Crippen molar-refractivity contribution in [2.24, 2.45) is 0 Å². The number of hydrogen-bond donors (Lipinski definition) is 3. The zero-order valence-corrected chi connectivity index (χ0v) is 13.7. The Kier molecular flexibility index (Phi) is 4.89. The molecule has 2 aromatic carbocycles. The molecule has 0 fully saturated rings. The van der Waals surface area contributed by atoms with E-state index < -0.39 is 0 Å². The van der Waals surface area contributed by atoms with Gasteiger partial charge in [0.25, 0.3) is 5.91 Å². The lowest BCUT2D eigenvalue weighted by atomic mass is 10.2. The summed E-state index contributed by atoms with van der Waals surface area (Å²) in [6, 6.07) is 17.8. The number of amides is 2. The number of benzene rings is 2. The van der Waals surface area contributed by atoms with Crippen molar-refractivity contribution in [2.75, 3.05) is 10.6 Å². The predicted octanol–water partition coefficient (Wildman–Crippen LogP) is 3.15. The minimum absolute atomic E-state index is 0.158. The van der Waals surface area contributed by atoms with Crippen LogP contribution in [-0.2, 0) is 11.2 Å². The fourth-order valence-corrected chi connectivity index (χ4v) is 2.41. The third-order valence-corrected chi connectivity index (χ3v) is 3.59. The average Bonchev–Trinajstić information content (AvgIpc) is 3.02. The lowest BCUT2D eigenvalue weighted by molar-refractivity contribution is -0.115. The highest BCUT2D eigenvalue weighted by Gasteiger charge is 2.12. The molecule has 126 valence electrons. The number of nitrogens with one attached hydrogen (secondary N) is 3. The minimum atomic E-state index is -0.231. The largest absolute Gasteiger partial charge is 0.324 e. The summed E-state index contributed by atoms with van der Waals surface area (Å²) in [5.41, 5.74) is 3.21. The van der Waals surface area contributed by atoms with Gasteiger partial charge in [0, 0.05) is 11.3 Å². The van der Waals surface area contributed by atoms with Crippen molar-refractivity contribution < 1.29 is 9.59 Å². The molecule has 2 amide bonds. The second-order valence-corrected chi connectivity index (χ2v) is 5.63. The van der Waals surface area contributed by atoms with E-state index in [4.69, 9.17) is 0 Å². The smallest absolute Gasteiger partial charge is 0.255 e. The Morgan fingerprint density at radius 3 is 2.24 bits per heavy atom. The van der Waals surface area contributed by atoms with Crippen LogP contribution in [0.4, 0.5) is 11.4 Å². The quantitative estimate of drug-likeness (QED) is 0.670. The number of carbonyl (C=O) groups is 2. The number of hydrogen-bond acceptors (Lipinski definition) is 3. The van der Waals surface area contributed by atoms with E-state index in [-0.39, 0.29) is 18.2 Å². The highest BCUT2D eigenvalue weighted by atomic mass is 16.2. The number of carbonyl (C=O) groups excluding carboxylic acids is 2. The van der Waals surface area contributed by atoms with Crippen LogP contribution in [0.2, 0.25) is 0 Å². The SMILES string of the molecule is Cc1cc(CC(=O)Nc2ccccc2NC(=O)c2ccccc2)n[nH]1. The zero-order chi connectivity index (χ0) is 17.6. The molecule has 25 heavy (non-hydrogen) atoms. The van der Waals surface area contributed by atoms with Gasteiger partial charge in [-0.25, -0.2) is 0 Å². The molecule has 6 heteroatoms. The Hall–Kier alpha value is -3.41. The van der Waals surface area contributed by atoms with Crippen molar-refractivity contribution in [1.82, 2.24) is 10.2 Å². The van der Waals surface area contributed by atoms with Crippen LogP contribution in [-0.4, -0.2) is 22.0 Å². The second kappa shape index (κ2) is 7.44. The third kappa shape index (κ3) is 4.32. The number of aromatic nitrogens is 2. The average molecular weight is 334 g/mol. The highest BCUT2D eigenvalue weighted by molar-refractivity contribution is 6.07. The van der Waals surface area contributed by atoms with Crippen molar-refractivity contribution in [1.29, 1.82) is 0 Å². The third-order valence-electron chi connectivity index (χ3n) is 3.59. The molecule has 0 saturated heterocycles. The number of rotatable bonds is 5. The Morgan fingerprint density at radius 2 is 1.60 bits per heavy atom. The second-order valence-electron chi connectivity index (χ2n) is 5.63. The predicted molar refractivity (Wildman–Crippen MR) is 96.5 cm³/mol. The van der Waals surface area contributed by atoms with Gasteiger partial charge >= 0.3 is 0 Å². The van der Waals surface area contributed by atoms with Crippen molar-refractivity contribution >= 4 is 23.2 Å². The Bertz CT molecular complexity index is 887. The van der Waals surface area contributed by atoms with Crippen molar-refractivity contribution in [2.45, 2.75) is 13.3 Å². The molecule has 1 heterocycles. The van der Waals surface area contributed by atoms with Crippen molar-refractivity contribution in [3.63, 3.8) is 0 Å². The minimum Gasteiger partial charge on any atom is -0.324 e. The number of anilines is 2. The molecule has 3 rings (SSSR count). The first-order chi connectivity index (χ1) is 12.1. The van der Waals surface area contributed by atoms with Crippen LogP contribution in [0, 0.1) is 6.92 Å². The van der Waals surface area contributed by atoms with E-state index in [0.29, 0.717) is 22.6 Å². The lowest BCUT2D eigenvalue weighted by Gasteiger charge is -2.12. The van der Waals surface area contributed by atoms with Gasteiger partial charge < -0.3 is 10.6 Å². The van der Waals surface area contributed by atoms with E-state index in [2.05, 4.69) is 20.8 Å². The molecule has 0 bridgehead atoms. The molecule has 0 saturated carbocycles. The van der Waals surface area contributed by atoms with Crippen LogP contribution in [0.1, 0.15) is 21.7 Å². The van der Waals surface area contributed by atoms with E-state index in [1.54, 1.807) is 48.5 Å². The van der Waals surface area contributed by atoms with Crippen molar-refractivity contribution in [3.8, 4) is 0 Å². The normalized spacial score (nSPS) is 10.3. The zero-order valence-electron chi connectivity index (χ0n) is 13.7. The van der Waals surface area contributed by atoms with Gasteiger partial charge in [-0.3, -0.25) is 14.7 Å². The number of nitrogens with zero attached hydrogens (tertiary/aromatic N) is 1. The summed E-state index contributed by atoms with van der Waals surface area (Å²) >= 11 is 0. The molecule has 0 aliphatic rings. The lowest BCUT2D eigenvalue weighted by Crippen LogP contribution is -2.18. The maximum atomic E-state index is 12.3. The van der Waals surface area contributed by atoms with Gasteiger partial charge in [-0.1, -0.05) is 30.3 Å². The molecule has 3 N–H and O–H groups in total. The molecule has 0 unspecified atom stereocenters. The maximum Gasteiger partial charge on any atom is 0.255 e. The summed E-state index contributed by atoms with van der Waals surface area (Å²) in [6.45, 7) is 1.88. The molecular formula is C19H18N4O2. The maximum absolute atomic E-state index is 12.3. The van der Waals surface area contributed by atoms with Gasteiger partial charge in [-0.05, 0) is 37.3 Å². The first-order valence-electron chi connectivity index (χ1n) is 7.88. The monoisotopic (exact) mass is 334 g/mol. The fraction of sp³-hybridized carbons (Fsp3) is 0.105. The van der Waals surface area contributed by atoms with E-state index in [1.165, 1.54) is 0 Å². The molecule has 0 aliphatic heterocycles. The first-order valence-corrected chi connectivity index (χ1v) is 7.88. The van der Waals surface area contributed by atoms with Crippen molar-refractivity contribution in [3.05, 3.63) is 77.6 Å². The highest BCUT2D eigenvalue weighted by Crippen LogP contribution is 2.22. The summed E-state index contributed by atoms with van der Waals surface area (Å²) in [5, 5.41) is 12.5. The summed E-state index contributed by atoms with van der Waals surface area (Å²) < 4.78 is 0. The number of para-hydroxylation sites is 2. The molecule has 3 aromatic rings. The molecule has 0 atom stereocenters. The van der Waals surface area contributed by atoms with Crippen LogP contribution in [0.5, 0.6) is 0 Å². The number of aromatic amines is 1. The van der Waals surface area contributed by atoms with Gasteiger partial charge in [-0.2, -0.15) is 5.10 Å².